The molecule has 0 spiro atoms. The quantitative estimate of drug-likeness (QED) is 0.613. The van der Waals surface area contributed by atoms with Gasteiger partial charge in [-0.3, -0.25) is 19.3 Å². The lowest BCUT2D eigenvalue weighted by Crippen LogP contribution is -2.40. The van der Waals surface area contributed by atoms with Crippen molar-refractivity contribution in [2.45, 2.75) is 6.42 Å². The minimum Gasteiger partial charge on any atom is -0.385 e. The van der Waals surface area contributed by atoms with Crippen molar-refractivity contribution in [3.63, 3.8) is 0 Å². The third-order valence-corrected chi connectivity index (χ3v) is 3.58. The first kappa shape index (κ1) is 15.7. The van der Waals surface area contributed by atoms with Gasteiger partial charge in [-0.1, -0.05) is 15.9 Å². The fourth-order valence-electron chi connectivity index (χ4n) is 2.07. The third-order valence-electron chi connectivity index (χ3n) is 3.08. The predicted molar refractivity (Wildman–Crippen MR) is 80.3 cm³/mol. The zero-order valence-electron chi connectivity index (χ0n) is 11.5. The number of fused-ring (bicyclic) bond motifs is 1. The van der Waals surface area contributed by atoms with Gasteiger partial charge in [0.15, 0.2) is 0 Å². The highest BCUT2D eigenvalue weighted by Crippen LogP contribution is 2.31. The summed E-state index contributed by atoms with van der Waals surface area (Å²) >= 11 is 3.29. The summed E-state index contributed by atoms with van der Waals surface area (Å²) in [4.78, 5) is 36.8. The fraction of sp³-hybridized carbons (Fsp3) is 0.357. The van der Waals surface area contributed by atoms with Crippen LogP contribution in [0.5, 0.6) is 0 Å². The van der Waals surface area contributed by atoms with E-state index in [1.165, 1.54) is 4.90 Å². The Kier molecular flexibility index (Phi) is 5.08. The van der Waals surface area contributed by atoms with Crippen LogP contribution in [0.15, 0.2) is 22.7 Å². The number of nitrogens with one attached hydrogen (secondary N) is 1. The number of ketones is 1. The lowest BCUT2D eigenvalue weighted by atomic mass is 10.1. The summed E-state index contributed by atoms with van der Waals surface area (Å²) in [6, 6.07) is 4.94. The van der Waals surface area contributed by atoms with Gasteiger partial charge in [-0.25, -0.2) is 0 Å². The maximum atomic E-state index is 11.9. The van der Waals surface area contributed by atoms with Gasteiger partial charge in [0, 0.05) is 24.7 Å². The van der Waals surface area contributed by atoms with E-state index in [-0.39, 0.29) is 12.5 Å². The Bertz CT molecular complexity index is 588. The highest BCUT2D eigenvalue weighted by molar-refractivity contribution is 9.10. The molecular weight excluding hydrogens is 340 g/mol. The molecule has 1 aromatic carbocycles. The Labute approximate surface area is 130 Å². The number of benzene rings is 1. The smallest absolute Gasteiger partial charge is 0.299 e. The molecule has 7 heteroatoms. The summed E-state index contributed by atoms with van der Waals surface area (Å²) in [6.07, 6.45) is 0.692. The molecule has 0 bridgehead atoms. The van der Waals surface area contributed by atoms with Crippen LogP contribution in [0.3, 0.4) is 0 Å². The van der Waals surface area contributed by atoms with E-state index < -0.39 is 11.7 Å². The molecule has 21 heavy (non-hydrogen) atoms. The Morgan fingerprint density at radius 2 is 2.14 bits per heavy atom. The van der Waals surface area contributed by atoms with E-state index in [4.69, 9.17) is 4.74 Å². The minimum absolute atomic E-state index is 0.166. The number of methoxy groups -OCH3 is 1. The minimum atomic E-state index is -0.671. The Morgan fingerprint density at radius 3 is 2.86 bits per heavy atom. The second kappa shape index (κ2) is 6.82. The van der Waals surface area contributed by atoms with E-state index in [9.17, 15) is 14.4 Å². The number of carbonyl (C=O) groups excluding carboxylic acids is 3. The maximum Gasteiger partial charge on any atom is 0.299 e. The van der Waals surface area contributed by atoms with Crippen LogP contribution in [0.2, 0.25) is 0 Å². The van der Waals surface area contributed by atoms with Crippen molar-refractivity contribution in [3.8, 4) is 0 Å². The second-order valence-electron chi connectivity index (χ2n) is 4.58. The summed E-state index contributed by atoms with van der Waals surface area (Å²) in [6.45, 7) is 0.853. The van der Waals surface area contributed by atoms with Crippen molar-refractivity contribution in [1.82, 2.24) is 5.32 Å². The van der Waals surface area contributed by atoms with Gasteiger partial charge in [-0.05, 0) is 24.6 Å². The molecule has 0 atom stereocenters. The van der Waals surface area contributed by atoms with Gasteiger partial charge in [-0.15, -0.1) is 0 Å². The molecule has 1 aliphatic rings. The van der Waals surface area contributed by atoms with Gasteiger partial charge < -0.3 is 10.1 Å². The van der Waals surface area contributed by atoms with Crippen molar-refractivity contribution >= 4 is 39.2 Å². The number of hydrogen-bond acceptors (Lipinski definition) is 4. The van der Waals surface area contributed by atoms with Crippen LogP contribution >= 0.6 is 15.9 Å². The molecule has 1 aromatic rings. The van der Waals surface area contributed by atoms with Crippen LogP contribution in [0, 0.1) is 0 Å². The Hall–Kier alpha value is -1.73. The number of halogens is 1. The largest absolute Gasteiger partial charge is 0.385 e. The Balaban J connectivity index is 2.04. The number of hydrogen-bond donors (Lipinski definition) is 1. The normalized spacial score (nSPS) is 13.5. The molecule has 0 unspecified atom stereocenters. The molecule has 1 heterocycles. The molecule has 0 saturated heterocycles. The van der Waals surface area contributed by atoms with Gasteiger partial charge >= 0.3 is 0 Å². The van der Waals surface area contributed by atoms with Gasteiger partial charge in [0.05, 0.1) is 11.3 Å². The molecule has 2 amide bonds. The lowest BCUT2D eigenvalue weighted by Gasteiger charge is -2.16. The third kappa shape index (κ3) is 3.48. The molecule has 0 fully saturated rings. The fourth-order valence-corrected chi connectivity index (χ4v) is 2.42. The van der Waals surface area contributed by atoms with E-state index in [0.717, 1.165) is 4.47 Å². The van der Waals surface area contributed by atoms with E-state index in [1.54, 1.807) is 25.3 Å². The predicted octanol–water partition coefficient (Wildman–Crippen LogP) is 1.13. The number of amides is 2. The van der Waals surface area contributed by atoms with Crippen molar-refractivity contribution in [2.24, 2.45) is 0 Å². The monoisotopic (exact) mass is 354 g/mol. The molecule has 6 nitrogen and oxygen atoms in total. The zero-order chi connectivity index (χ0) is 15.4. The van der Waals surface area contributed by atoms with Crippen molar-refractivity contribution < 1.29 is 19.1 Å². The molecule has 2 rings (SSSR count). The number of ether oxygens (including phenoxy) is 1. The molecule has 0 saturated carbocycles. The number of anilines is 1. The van der Waals surface area contributed by atoms with Crippen molar-refractivity contribution in [3.05, 3.63) is 28.2 Å². The van der Waals surface area contributed by atoms with Gasteiger partial charge in [0.1, 0.15) is 6.54 Å². The maximum absolute atomic E-state index is 11.9. The summed E-state index contributed by atoms with van der Waals surface area (Å²) in [7, 11) is 1.59. The lowest BCUT2D eigenvalue weighted by molar-refractivity contribution is -0.122. The van der Waals surface area contributed by atoms with Crippen molar-refractivity contribution in [2.75, 3.05) is 31.7 Å². The molecule has 1 aliphatic heterocycles. The second-order valence-corrected chi connectivity index (χ2v) is 5.49. The van der Waals surface area contributed by atoms with Crippen LogP contribution in [0.4, 0.5) is 5.69 Å². The van der Waals surface area contributed by atoms with Crippen LogP contribution in [0.1, 0.15) is 16.8 Å². The number of rotatable bonds is 6. The van der Waals surface area contributed by atoms with Crippen LogP contribution in [-0.2, 0) is 14.3 Å². The van der Waals surface area contributed by atoms with Gasteiger partial charge in [-0.2, -0.15) is 0 Å². The van der Waals surface area contributed by atoms with Crippen LogP contribution in [0.25, 0.3) is 0 Å². The van der Waals surface area contributed by atoms with E-state index in [1.807, 2.05) is 0 Å². The van der Waals surface area contributed by atoms with E-state index >= 15 is 0 Å². The van der Waals surface area contributed by atoms with Crippen LogP contribution < -0.4 is 10.2 Å². The highest BCUT2D eigenvalue weighted by atomic mass is 79.9. The number of carbonyl (C=O) groups is 3. The standard InChI is InChI=1S/C14H15BrN2O4/c1-21-6-2-5-16-12(18)8-17-11-7-9(15)3-4-10(11)13(19)14(17)20/h3-4,7H,2,5-6,8H2,1H3,(H,16,18). The summed E-state index contributed by atoms with van der Waals surface area (Å²) in [5.74, 6) is -1.56. The van der Waals surface area contributed by atoms with Crippen LogP contribution in [-0.4, -0.2) is 44.4 Å². The molecule has 0 radical (unpaired) electrons. The molecule has 0 aliphatic carbocycles. The molecular formula is C14H15BrN2O4. The highest BCUT2D eigenvalue weighted by Gasteiger charge is 2.36. The number of nitrogens with zero attached hydrogens (tertiary/aromatic N) is 1. The average molecular weight is 355 g/mol. The van der Waals surface area contributed by atoms with E-state index in [0.29, 0.717) is 30.8 Å². The first-order valence-electron chi connectivity index (χ1n) is 6.46. The van der Waals surface area contributed by atoms with Gasteiger partial charge in [0.2, 0.25) is 5.91 Å². The van der Waals surface area contributed by atoms with Crippen molar-refractivity contribution in [1.29, 1.82) is 0 Å². The average Bonchev–Trinajstić information content (AvgIpc) is 2.68. The SMILES string of the molecule is COCCCNC(=O)CN1C(=O)C(=O)c2ccc(Br)cc21. The topological polar surface area (TPSA) is 75.7 Å². The van der Waals surface area contributed by atoms with Gasteiger partial charge in [0.25, 0.3) is 11.7 Å². The first-order valence-corrected chi connectivity index (χ1v) is 7.25. The summed E-state index contributed by atoms with van der Waals surface area (Å²) < 4.78 is 5.63. The molecule has 112 valence electrons. The van der Waals surface area contributed by atoms with E-state index in [2.05, 4.69) is 21.2 Å². The summed E-state index contributed by atoms with van der Waals surface area (Å²) in [5.41, 5.74) is 0.793. The Morgan fingerprint density at radius 1 is 1.38 bits per heavy atom. The zero-order valence-corrected chi connectivity index (χ0v) is 13.1. The summed E-state index contributed by atoms with van der Waals surface area (Å²) in [5, 5.41) is 2.69. The molecule has 0 aromatic heterocycles. The number of Topliss-reactive ketones (excluding diaryl/α,β-unsaturated/α-hetero) is 1. The molecule has 1 N–H and O–H groups in total. The first-order chi connectivity index (χ1) is 10.0.